The molecule has 1 aromatic rings. The van der Waals surface area contributed by atoms with Crippen LogP contribution in [0.5, 0.6) is 17.2 Å². The SMILES string of the molecule is COc1cc(C(=O)NC2CCSCC2)cc(OC)c1OCC(N)=O. The van der Waals surface area contributed by atoms with Crippen molar-refractivity contribution in [3.05, 3.63) is 17.7 Å². The summed E-state index contributed by atoms with van der Waals surface area (Å²) < 4.78 is 15.9. The summed E-state index contributed by atoms with van der Waals surface area (Å²) in [5.41, 5.74) is 5.50. The third-order valence-corrected chi connectivity index (χ3v) is 4.69. The smallest absolute Gasteiger partial charge is 0.255 e. The van der Waals surface area contributed by atoms with Crippen molar-refractivity contribution in [1.29, 1.82) is 0 Å². The summed E-state index contributed by atoms with van der Waals surface area (Å²) in [4.78, 5) is 23.4. The van der Waals surface area contributed by atoms with Crippen LogP contribution in [0.25, 0.3) is 0 Å². The molecule has 0 unspecified atom stereocenters. The van der Waals surface area contributed by atoms with Crippen molar-refractivity contribution in [3.63, 3.8) is 0 Å². The second-order valence-electron chi connectivity index (χ2n) is 5.32. The molecule has 24 heavy (non-hydrogen) atoms. The third kappa shape index (κ3) is 4.70. The summed E-state index contributed by atoms with van der Waals surface area (Å²) in [5.74, 6) is 2.15. The Labute approximate surface area is 145 Å². The predicted octanol–water partition coefficient (Wildman–Crippen LogP) is 1.19. The molecule has 2 amide bonds. The Morgan fingerprint density at radius 2 is 1.79 bits per heavy atom. The number of amides is 2. The number of methoxy groups -OCH3 is 2. The summed E-state index contributed by atoms with van der Waals surface area (Å²) in [5, 5.41) is 3.03. The van der Waals surface area contributed by atoms with Crippen molar-refractivity contribution in [2.45, 2.75) is 18.9 Å². The zero-order valence-electron chi connectivity index (χ0n) is 13.8. The number of rotatable bonds is 7. The molecular weight excluding hydrogens is 332 g/mol. The highest BCUT2D eigenvalue weighted by molar-refractivity contribution is 7.99. The van der Waals surface area contributed by atoms with E-state index in [9.17, 15) is 9.59 Å². The molecule has 1 aromatic carbocycles. The minimum atomic E-state index is -0.615. The lowest BCUT2D eigenvalue weighted by atomic mass is 10.1. The lowest BCUT2D eigenvalue weighted by Crippen LogP contribution is -2.37. The van der Waals surface area contributed by atoms with E-state index < -0.39 is 5.91 Å². The molecule has 2 rings (SSSR count). The first-order valence-electron chi connectivity index (χ1n) is 7.61. The number of nitrogens with one attached hydrogen (secondary N) is 1. The van der Waals surface area contributed by atoms with Gasteiger partial charge >= 0.3 is 0 Å². The maximum absolute atomic E-state index is 12.5. The van der Waals surface area contributed by atoms with Gasteiger partial charge in [-0.15, -0.1) is 0 Å². The maximum Gasteiger partial charge on any atom is 0.255 e. The largest absolute Gasteiger partial charge is 0.493 e. The van der Waals surface area contributed by atoms with Crippen LogP contribution in [-0.2, 0) is 4.79 Å². The summed E-state index contributed by atoms with van der Waals surface area (Å²) in [7, 11) is 2.90. The topological polar surface area (TPSA) is 99.9 Å². The van der Waals surface area contributed by atoms with E-state index in [1.807, 2.05) is 11.8 Å². The molecule has 1 aliphatic rings. The van der Waals surface area contributed by atoms with E-state index in [0.717, 1.165) is 24.3 Å². The number of benzene rings is 1. The van der Waals surface area contributed by atoms with Crippen molar-refractivity contribution in [2.75, 3.05) is 32.3 Å². The highest BCUT2D eigenvalue weighted by Gasteiger charge is 2.21. The van der Waals surface area contributed by atoms with Gasteiger partial charge in [0.2, 0.25) is 5.75 Å². The van der Waals surface area contributed by atoms with Crippen LogP contribution in [0.4, 0.5) is 0 Å². The quantitative estimate of drug-likeness (QED) is 0.763. The number of primary amides is 1. The molecule has 1 fully saturated rings. The van der Waals surface area contributed by atoms with Crippen molar-refractivity contribution in [3.8, 4) is 17.2 Å². The Morgan fingerprint density at radius 3 is 2.29 bits per heavy atom. The Bertz CT molecular complexity index is 577. The first-order chi connectivity index (χ1) is 11.5. The van der Waals surface area contributed by atoms with Gasteiger partial charge < -0.3 is 25.3 Å². The number of carbonyl (C=O) groups excluding carboxylic acids is 2. The Balaban J connectivity index is 2.20. The van der Waals surface area contributed by atoms with Crippen LogP contribution in [0.2, 0.25) is 0 Å². The van der Waals surface area contributed by atoms with Gasteiger partial charge in [0.15, 0.2) is 18.1 Å². The molecule has 0 saturated carbocycles. The highest BCUT2D eigenvalue weighted by Crippen LogP contribution is 2.38. The van der Waals surface area contributed by atoms with Crippen LogP contribution in [0.1, 0.15) is 23.2 Å². The van der Waals surface area contributed by atoms with Gasteiger partial charge in [0.25, 0.3) is 11.8 Å². The second-order valence-corrected chi connectivity index (χ2v) is 6.55. The zero-order valence-corrected chi connectivity index (χ0v) is 14.6. The Hall–Kier alpha value is -2.09. The van der Waals surface area contributed by atoms with E-state index in [-0.39, 0.29) is 24.3 Å². The Kier molecular flexibility index (Phi) is 6.60. The minimum absolute atomic E-state index is 0.182. The molecule has 0 bridgehead atoms. The molecule has 1 heterocycles. The van der Waals surface area contributed by atoms with Gasteiger partial charge in [0, 0.05) is 11.6 Å². The summed E-state index contributed by atoms with van der Waals surface area (Å²) in [6, 6.07) is 3.30. The van der Waals surface area contributed by atoms with Crippen molar-refractivity contribution in [1.82, 2.24) is 5.32 Å². The first-order valence-corrected chi connectivity index (χ1v) is 8.76. The van der Waals surface area contributed by atoms with E-state index in [0.29, 0.717) is 17.1 Å². The van der Waals surface area contributed by atoms with Gasteiger partial charge in [0.1, 0.15) is 0 Å². The van der Waals surface area contributed by atoms with E-state index >= 15 is 0 Å². The third-order valence-electron chi connectivity index (χ3n) is 3.64. The van der Waals surface area contributed by atoms with Crippen LogP contribution in [0.3, 0.4) is 0 Å². The molecule has 8 heteroatoms. The number of thioether (sulfide) groups is 1. The normalized spacial score (nSPS) is 14.8. The summed E-state index contributed by atoms with van der Waals surface area (Å²) >= 11 is 1.90. The lowest BCUT2D eigenvalue weighted by molar-refractivity contribution is -0.120. The van der Waals surface area contributed by atoms with Gasteiger partial charge in [-0.1, -0.05) is 0 Å². The number of ether oxygens (including phenoxy) is 3. The van der Waals surface area contributed by atoms with Crippen molar-refractivity contribution >= 4 is 23.6 Å². The van der Waals surface area contributed by atoms with Gasteiger partial charge in [-0.3, -0.25) is 9.59 Å². The zero-order chi connectivity index (χ0) is 17.5. The average molecular weight is 354 g/mol. The molecule has 132 valence electrons. The van der Waals surface area contributed by atoms with Crippen LogP contribution in [0, 0.1) is 0 Å². The fourth-order valence-corrected chi connectivity index (χ4v) is 3.51. The van der Waals surface area contributed by atoms with E-state index in [2.05, 4.69) is 5.32 Å². The van der Waals surface area contributed by atoms with Gasteiger partial charge in [-0.2, -0.15) is 11.8 Å². The predicted molar refractivity (Wildman–Crippen MR) is 92.0 cm³/mol. The number of carbonyl (C=O) groups is 2. The second kappa shape index (κ2) is 8.68. The Morgan fingerprint density at radius 1 is 1.21 bits per heavy atom. The van der Waals surface area contributed by atoms with Crippen LogP contribution < -0.4 is 25.3 Å². The first kappa shape index (κ1) is 18.3. The number of nitrogens with two attached hydrogens (primary N) is 1. The molecule has 0 aliphatic carbocycles. The molecule has 0 radical (unpaired) electrons. The van der Waals surface area contributed by atoms with Crippen molar-refractivity contribution in [2.24, 2.45) is 5.73 Å². The molecule has 7 nitrogen and oxygen atoms in total. The summed E-state index contributed by atoms with van der Waals surface area (Å²) in [6.45, 7) is -0.308. The van der Waals surface area contributed by atoms with E-state index in [4.69, 9.17) is 19.9 Å². The molecule has 1 aliphatic heterocycles. The fraction of sp³-hybridized carbons (Fsp3) is 0.500. The van der Waals surface area contributed by atoms with Gasteiger partial charge in [0.05, 0.1) is 14.2 Å². The van der Waals surface area contributed by atoms with Crippen LogP contribution >= 0.6 is 11.8 Å². The summed E-state index contributed by atoms with van der Waals surface area (Å²) in [6.07, 6.45) is 1.93. The molecule has 0 aromatic heterocycles. The van der Waals surface area contributed by atoms with Crippen molar-refractivity contribution < 1.29 is 23.8 Å². The number of hydrogen-bond donors (Lipinski definition) is 2. The molecule has 0 atom stereocenters. The van der Waals surface area contributed by atoms with Gasteiger partial charge in [-0.25, -0.2) is 0 Å². The van der Waals surface area contributed by atoms with E-state index in [1.165, 1.54) is 14.2 Å². The fourth-order valence-electron chi connectivity index (χ4n) is 2.41. The molecule has 3 N–H and O–H groups in total. The minimum Gasteiger partial charge on any atom is -0.493 e. The standard InChI is InChI=1S/C16H22N2O5S/c1-21-12-7-10(16(20)18-11-3-5-24-6-4-11)8-13(22-2)15(12)23-9-14(17)19/h7-8,11H,3-6,9H2,1-2H3,(H2,17,19)(H,18,20). The van der Waals surface area contributed by atoms with Crippen LogP contribution in [0.15, 0.2) is 12.1 Å². The van der Waals surface area contributed by atoms with E-state index in [1.54, 1.807) is 12.1 Å². The molecule has 0 spiro atoms. The molecular formula is C16H22N2O5S. The van der Waals surface area contributed by atoms with Crippen LogP contribution in [-0.4, -0.2) is 50.2 Å². The van der Waals surface area contributed by atoms with Gasteiger partial charge in [-0.05, 0) is 36.5 Å². The monoisotopic (exact) mass is 354 g/mol. The molecule has 1 saturated heterocycles. The lowest BCUT2D eigenvalue weighted by Gasteiger charge is -2.23. The maximum atomic E-state index is 12.5. The highest BCUT2D eigenvalue weighted by atomic mass is 32.2. The average Bonchev–Trinajstić information content (AvgIpc) is 2.59. The number of hydrogen-bond acceptors (Lipinski definition) is 6.